The minimum atomic E-state index is -0.547. The molecule has 150 valence electrons. The molecule has 9 heteroatoms. The number of benzene rings is 2. The van der Waals surface area contributed by atoms with Crippen molar-refractivity contribution in [3.8, 4) is 11.4 Å². The van der Waals surface area contributed by atoms with Gasteiger partial charge in [-0.05, 0) is 17.7 Å². The maximum atomic E-state index is 14.1. The van der Waals surface area contributed by atoms with Crippen LogP contribution in [-0.4, -0.2) is 52.0 Å². The van der Waals surface area contributed by atoms with Crippen molar-refractivity contribution in [2.24, 2.45) is 0 Å². The highest BCUT2D eigenvalue weighted by Gasteiger charge is 2.30. The minimum Gasteiger partial charge on any atom is -0.378 e. The molecule has 1 aliphatic heterocycles. The number of amides is 1. The molecule has 4 rings (SSSR count). The average Bonchev–Trinajstić information content (AvgIpc) is 3.13. The molecule has 0 radical (unpaired) electrons. The summed E-state index contributed by atoms with van der Waals surface area (Å²) in [5.41, 5.74) is 1.09. The number of ether oxygens (including phenoxy) is 1. The van der Waals surface area contributed by atoms with Crippen molar-refractivity contribution >= 4 is 17.7 Å². The van der Waals surface area contributed by atoms with Gasteiger partial charge in [-0.25, -0.2) is 9.07 Å². The van der Waals surface area contributed by atoms with Crippen molar-refractivity contribution in [1.29, 1.82) is 0 Å². The van der Waals surface area contributed by atoms with Gasteiger partial charge in [-0.3, -0.25) is 4.79 Å². The molecule has 1 amide bonds. The average molecular weight is 413 g/mol. The van der Waals surface area contributed by atoms with E-state index in [0.717, 1.165) is 5.56 Å². The molecule has 1 aromatic heterocycles. The van der Waals surface area contributed by atoms with Gasteiger partial charge in [0.15, 0.2) is 5.82 Å². The molecule has 0 bridgehead atoms. The molecule has 0 saturated carbocycles. The lowest BCUT2D eigenvalue weighted by atomic mass is 10.1. The molecular weight excluding hydrogens is 393 g/mol. The number of carbonyl (C=O) groups is 1. The molecule has 2 aromatic carbocycles. The zero-order chi connectivity index (χ0) is 20.2. The molecular formula is C20H20FN5O2S. The summed E-state index contributed by atoms with van der Waals surface area (Å²) >= 11 is 1.20. The molecule has 1 unspecified atom stereocenters. The van der Waals surface area contributed by atoms with E-state index in [2.05, 4.69) is 10.2 Å². The van der Waals surface area contributed by atoms with Gasteiger partial charge in [0.2, 0.25) is 11.1 Å². The van der Waals surface area contributed by atoms with E-state index in [0.29, 0.717) is 31.5 Å². The number of hydrogen-bond donors (Lipinski definition) is 1. The molecule has 7 nitrogen and oxygen atoms in total. The Morgan fingerprint density at radius 3 is 2.48 bits per heavy atom. The van der Waals surface area contributed by atoms with Gasteiger partial charge in [0.1, 0.15) is 11.1 Å². The predicted molar refractivity (Wildman–Crippen MR) is 108 cm³/mol. The Bertz CT molecular complexity index is 992. The third-order valence-electron chi connectivity index (χ3n) is 4.65. The number of nitrogens with two attached hydrogens (primary N) is 1. The molecule has 1 saturated heterocycles. The van der Waals surface area contributed by atoms with Crippen molar-refractivity contribution in [1.82, 2.24) is 19.8 Å². The Morgan fingerprint density at radius 2 is 1.76 bits per heavy atom. The van der Waals surface area contributed by atoms with Gasteiger partial charge in [-0.2, -0.15) is 0 Å². The van der Waals surface area contributed by atoms with E-state index in [1.54, 1.807) is 23.1 Å². The fraction of sp³-hybridized carbons (Fsp3) is 0.250. The summed E-state index contributed by atoms with van der Waals surface area (Å²) in [5, 5.41) is 7.95. The second-order valence-corrected chi connectivity index (χ2v) is 7.57. The van der Waals surface area contributed by atoms with Gasteiger partial charge in [0.25, 0.3) is 0 Å². The van der Waals surface area contributed by atoms with Crippen LogP contribution in [0, 0.1) is 5.82 Å². The number of thioether (sulfide) groups is 1. The van der Waals surface area contributed by atoms with E-state index in [9.17, 15) is 9.18 Å². The van der Waals surface area contributed by atoms with Crippen LogP contribution in [0.1, 0.15) is 10.8 Å². The minimum absolute atomic E-state index is 0.0417. The molecule has 1 fully saturated rings. The molecule has 0 aliphatic carbocycles. The zero-order valence-electron chi connectivity index (χ0n) is 15.6. The third-order valence-corrected chi connectivity index (χ3v) is 5.85. The van der Waals surface area contributed by atoms with Crippen LogP contribution in [0.4, 0.5) is 4.39 Å². The van der Waals surface area contributed by atoms with Crippen molar-refractivity contribution in [3.05, 3.63) is 66.0 Å². The molecule has 2 N–H and O–H groups in total. The van der Waals surface area contributed by atoms with Crippen LogP contribution in [0.25, 0.3) is 11.4 Å². The van der Waals surface area contributed by atoms with Crippen molar-refractivity contribution < 1.29 is 13.9 Å². The summed E-state index contributed by atoms with van der Waals surface area (Å²) < 4.78 is 20.7. The van der Waals surface area contributed by atoms with Crippen molar-refractivity contribution in [3.63, 3.8) is 0 Å². The topological polar surface area (TPSA) is 86.3 Å². The van der Waals surface area contributed by atoms with E-state index in [4.69, 9.17) is 10.6 Å². The van der Waals surface area contributed by atoms with Crippen LogP contribution >= 0.6 is 11.8 Å². The van der Waals surface area contributed by atoms with Crippen LogP contribution in [0.15, 0.2) is 59.8 Å². The van der Waals surface area contributed by atoms with Crippen molar-refractivity contribution in [2.45, 2.75) is 10.4 Å². The largest absolute Gasteiger partial charge is 0.378 e. The molecule has 2 heterocycles. The number of halogens is 1. The molecule has 1 atom stereocenters. The summed E-state index contributed by atoms with van der Waals surface area (Å²) in [6, 6.07) is 15.7. The van der Waals surface area contributed by atoms with E-state index >= 15 is 0 Å². The molecule has 0 spiro atoms. The fourth-order valence-corrected chi connectivity index (χ4v) is 4.17. The lowest BCUT2D eigenvalue weighted by Gasteiger charge is -2.30. The zero-order valence-corrected chi connectivity index (χ0v) is 16.4. The van der Waals surface area contributed by atoms with Crippen LogP contribution in [0.2, 0.25) is 0 Å². The summed E-state index contributed by atoms with van der Waals surface area (Å²) in [6.45, 7) is 2.11. The predicted octanol–water partition coefficient (Wildman–Crippen LogP) is 2.49. The highest BCUT2D eigenvalue weighted by atomic mass is 32.2. The van der Waals surface area contributed by atoms with E-state index in [-0.39, 0.29) is 17.3 Å². The highest BCUT2D eigenvalue weighted by Crippen LogP contribution is 2.36. The van der Waals surface area contributed by atoms with Gasteiger partial charge in [0.05, 0.1) is 18.8 Å². The summed E-state index contributed by atoms with van der Waals surface area (Å²) in [7, 11) is 0. The standard InChI is InChI=1S/C20H20FN5O2S/c21-16-9-5-4-8-15(16)18-23-24-20(26(18)22)29-17(14-6-2-1-3-7-14)19(27)25-10-12-28-13-11-25/h1-9,17H,10-13,22H2. The molecule has 29 heavy (non-hydrogen) atoms. The first-order valence-electron chi connectivity index (χ1n) is 9.18. The Hall–Kier alpha value is -2.91. The first kappa shape index (κ1) is 19.4. The fourth-order valence-electron chi connectivity index (χ4n) is 3.13. The van der Waals surface area contributed by atoms with Gasteiger partial charge in [0, 0.05) is 13.1 Å². The first-order valence-corrected chi connectivity index (χ1v) is 10.1. The van der Waals surface area contributed by atoms with Gasteiger partial charge >= 0.3 is 0 Å². The van der Waals surface area contributed by atoms with Gasteiger partial charge in [-0.1, -0.05) is 54.2 Å². The number of aromatic nitrogens is 3. The van der Waals surface area contributed by atoms with Crippen LogP contribution < -0.4 is 5.84 Å². The number of hydrogen-bond acceptors (Lipinski definition) is 6. The summed E-state index contributed by atoms with van der Waals surface area (Å²) in [5.74, 6) is 5.89. The van der Waals surface area contributed by atoms with Crippen LogP contribution in [0.3, 0.4) is 0 Å². The lowest BCUT2D eigenvalue weighted by Crippen LogP contribution is -2.42. The number of rotatable bonds is 5. The number of morpholine rings is 1. The van der Waals surface area contributed by atoms with E-state index in [1.165, 1.54) is 22.5 Å². The normalized spacial score (nSPS) is 15.3. The Balaban J connectivity index is 1.65. The maximum absolute atomic E-state index is 14.1. The van der Waals surface area contributed by atoms with E-state index in [1.807, 2.05) is 30.3 Å². The first-order chi connectivity index (χ1) is 14.1. The summed E-state index contributed by atoms with van der Waals surface area (Å²) in [4.78, 5) is 15.0. The van der Waals surface area contributed by atoms with Gasteiger partial charge < -0.3 is 15.5 Å². The summed E-state index contributed by atoms with van der Waals surface area (Å²) in [6.07, 6.45) is 0. The number of nitrogen functional groups attached to an aromatic ring is 1. The smallest absolute Gasteiger partial charge is 0.240 e. The van der Waals surface area contributed by atoms with Crippen molar-refractivity contribution in [2.75, 3.05) is 32.1 Å². The Morgan fingerprint density at radius 1 is 1.07 bits per heavy atom. The molecule has 3 aromatic rings. The lowest BCUT2D eigenvalue weighted by molar-refractivity contribution is -0.134. The second kappa shape index (κ2) is 8.62. The third kappa shape index (κ3) is 4.10. The van der Waals surface area contributed by atoms with Gasteiger partial charge in [-0.15, -0.1) is 10.2 Å². The molecule has 1 aliphatic rings. The number of nitrogens with zero attached hydrogens (tertiary/aromatic N) is 4. The SMILES string of the molecule is Nn1c(SC(C(=O)N2CCOCC2)c2ccccc2)nnc1-c1ccccc1F. The quantitative estimate of drug-likeness (QED) is 0.511. The van der Waals surface area contributed by atoms with Crippen LogP contribution in [0.5, 0.6) is 0 Å². The number of carbonyl (C=O) groups excluding carboxylic acids is 1. The van der Waals surface area contributed by atoms with E-state index < -0.39 is 11.1 Å². The monoisotopic (exact) mass is 413 g/mol. The maximum Gasteiger partial charge on any atom is 0.240 e. The highest BCUT2D eigenvalue weighted by molar-refractivity contribution is 8.00. The van der Waals surface area contributed by atoms with Crippen LogP contribution in [-0.2, 0) is 9.53 Å². The Labute approximate surface area is 171 Å². The Kier molecular flexibility index (Phi) is 5.77. The second-order valence-electron chi connectivity index (χ2n) is 6.50.